The number of nitrogens with one attached hydrogen (secondary N) is 1. The molecule has 0 saturated carbocycles. The number of nitrogen functional groups attached to an aromatic ring is 1. The van der Waals surface area contributed by atoms with Gasteiger partial charge in [0.2, 0.25) is 5.54 Å². The Morgan fingerprint density at radius 3 is 3.00 bits per heavy atom. The minimum absolute atomic E-state index is 0.0259. The molecule has 0 amide bonds. The molecule has 1 saturated heterocycles. The van der Waals surface area contributed by atoms with Gasteiger partial charge in [0.1, 0.15) is 23.4 Å². The molecule has 5 atom stereocenters. The molecule has 2 aromatic rings. The van der Waals surface area contributed by atoms with Crippen molar-refractivity contribution in [2.24, 2.45) is 5.18 Å². The Morgan fingerprint density at radius 2 is 2.40 bits per heavy atom. The summed E-state index contributed by atoms with van der Waals surface area (Å²) in [5, 5.41) is 25.4. The third-order valence-corrected chi connectivity index (χ3v) is 4.40. The molecule has 1 fully saturated rings. The van der Waals surface area contributed by atoms with Crippen LogP contribution in [0.5, 0.6) is 0 Å². The number of aromatic amines is 1. The number of ether oxygens (including phenoxy) is 1. The van der Waals surface area contributed by atoms with Crippen molar-refractivity contribution < 1.29 is 14.9 Å². The summed E-state index contributed by atoms with van der Waals surface area (Å²) < 4.78 is 7.18. The standard InChI is InChI=1S/C13H13ClN6O4S/c1-5(21)7-8(22)13(19-23,2-3-14)11(24-7)20-4-16-6-9(20)17-12(15)18-10(6)25/h4-5,7-8,11,21-22H,1H3,(H3,15,17,18,25)/t5-,7+,8?,11+,13+/m0/s1. The van der Waals surface area contributed by atoms with Gasteiger partial charge in [-0.3, -0.25) is 4.57 Å². The second kappa shape index (κ2) is 6.32. The van der Waals surface area contributed by atoms with Gasteiger partial charge in [0.25, 0.3) is 0 Å². The lowest BCUT2D eigenvalue weighted by molar-refractivity contribution is -0.0756. The van der Waals surface area contributed by atoms with Gasteiger partial charge in [-0.2, -0.15) is 0 Å². The van der Waals surface area contributed by atoms with Crippen LogP contribution < -0.4 is 5.73 Å². The molecule has 0 aliphatic carbocycles. The summed E-state index contributed by atoms with van der Waals surface area (Å²) in [6.45, 7) is 1.40. The summed E-state index contributed by atoms with van der Waals surface area (Å²) in [6.07, 6.45) is -3.67. The normalized spacial score (nSPS) is 30.0. The molecule has 2 aromatic heterocycles. The van der Waals surface area contributed by atoms with Gasteiger partial charge in [-0.1, -0.05) is 12.2 Å². The van der Waals surface area contributed by atoms with Crippen LogP contribution in [0.1, 0.15) is 13.2 Å². The van der Waals surface area contributed by atoms with E-state index < -0.39 is 30.1 Å². The lowest BCUT2D eigenvalue weighted by Crippen LogP contribution is -2.45. The fraction of sp³-hybridized carbons (Fsp3) is 0.462. The van der Waals surface area contributed by atoms with E-state index in [1.807, 2.05) is 0 Å². The number of hydrogen-bond acceptors (Lipinski definition) is 9. The predicted octanol–water partition coefficient (Wildman–Crippen LogP) is 0.415. The van der Waals surface area contributed by atoms with Crippen LogP contribution in [0.3, 0.4) is 0 Å². The van der Waals surface area contributed by atoms with Crippen molar-refractivity contribution in [3.63, 3.8) is 0 Å². The maximum absolute atomic E-state index is 11.6. The van der Waals surface area contributed by atoms with Gasteiger partial charge in [-0.25, -0.2) is 9.97 Å². The summed E-state index contributed by atoms with van der Waals surface area (Å²) >= 11 is 10.6. The monoisotopic (exact) mass is 384 g/mol. The lowest BCUT2D eigenvalue weighted by atomic mass is 9.90. The van der Waals surface area contributed by atoms with E-state index >= 15 is 0 Å². The molecule has 3 rings (SSSR count). The van der Waals surface area contributed by atoms with Gasteiger partial charge >= 0.3 is 0 Å². The van der Waals surface area contributed by atoms with Gasteiger partial charge in [0.05, 0.1) is 12.4 Å². The number of fused-ring (bicyclic) bond motifs is 1. The zero-order valence-corrected chi connectivity index (χ0v) is 14.3. The van der Waals surface area contributed by atoms with Crippen LogP contribution in [-0.4, -0.2) is 53.6 Å². The number of imidazole rings is 1. The number of nitrogens with two attached hydrogens (primary N) is 1. The maximum Gasteiger partial charge on any atom is 0.236 e. The second-order valence-corrected chi connectivity index (χ2v) is 6.13. The molecule has 5 N–H and O–H groups in total. The molecule has 0 aromatic carbocycles. The average molecular weight is 385 g/mol. The third kappa shape index (κ3) is 2.59. The first kappa shape index (κ1) is 17.7. The Bertz CT molecular complexity index is 949. The Labute approximate surface area is 151 Å². The van der Waals surface area contributed by atoms with Gasteiger partial charge < -0.3 is 25.7 Å². The zero-order valence-electron chi connectivity index (χ0n) is 12.8. The summed E-state index contributed by atoms with van der Waals surface area (Å²) in [5.74, 6) is 2.42. The van der Waals surface area contributed by atoms with E-state index in [1.54, 1.807) is 0 Å². The average Bonchev–Trinajstić information content (AvgIpc) is 3.08. The predicted molar refractivity (Wildman–Crippen MR) is 90.9 cm³/mol. The smallest absolute Gasteiger partial charge is 0.236 e. The van der Waals surface area contributed by atoms with E-state index in [-0.39, 0.29) is 10.6 Å². The molecular formula is C13H13ClN6O4S. The number of halogens is 1. The number of aromatic nitrogens is 4. The van der Waals surface area contributed by atoms with Crippen LogP contribution >= 0.6 is 23.8 Å². The Balaban J connectivity index is 2.25. The van der Waals surface area contributed by atoms with E-state index in [2.05, 4.69) is 31.4 Å². The number of nitroso groups, excluding NO2 is 1. The molecule has 0 bridgehead atoms. The van der Waals surface area contributed by atoms with Crippen molar-refractivity contribution in [1.82, 2.24) is 19.5 Å². The number of anilines is 1. The Hall–Kier alpha value is -2.10. The van der Waals surface area contributed by atoms with E-state index in [0.29, 0.717) is 11.2 Å². The van der Waals surface area contributed by atoms with Crippen LogP contribution in [-0.2, 0) is 4.74 Å². The molecule has 0 radical (unpaired) electrons. The first-order valence-corrected chi connectivity index (χ1v) is 7.85. The number of nitrogens with zero attached hydrogens (tertiary/aromatic N) is 4. The van der Waals surface area contributed by atoms with Crippen molar-refractivity contribution >= 4 is 40.9 Å². The molecular weight excluding hydrogens is 372 g/mol. The van der Waals surface area contributed by atoms with Gasteiger partial charge in [0, 0.05) is 5.38 Å². The summed E-state index contributed by atoms with van der Waals surface area (Å²) in [5.41, 5.74) is 4.31. The number of H-pyrrole nitrogens is 1. The van der Waals surface area contributed by atoms with Crippen LogP contribution in [0.25, 0.3) is 11.2 Å². The highest BCUT2D eigenvalue weighted by Crippen LogP contribution is 2.43. The van der Waals surface area contributed by atoms with Gasteiger partial charge in [-0.15, -0.1) is 4.91 Å². The molecule has 1 unspecified atom stereocenters. The lowest BCUT2D eigenvalue weighted by Gasteiger charge is -2.24. The molecule has 132 valence electrons. The first-order valence-electron chi connectivity index (χ1n) is 7.07. The number of aliphatic hydroxyl groups is 2. The number of rotatable bonds is 3. The number of aliphatic hydroxyl groups excluding tert-OH is 2. The topological polar surface area (TPSA) is 152 Å². The highest BCUT2D eigenvalue weighted by Gasteiger charge is 2.60. The maximum atomic E-state index is 11.6. The van der Waals surface area contributed by atoms with Crippen LogP contribution in [0.4, 0.5) is 5.95 Å². The van der Waals surface area contributed by atoms with Crippen LogP contribution in [0.2, 0.25) is 0 Å². The molecule has 10 nitrogen and oxygen atoms in total. The van der Waals surface area contributed by atoms with E-state index in [9.17, 15) is 15.1 Å². The minimum Gasteiger partial charge on any atom is -0.391 e. The summed E-state index contributed by atoms with van der Waals surface area (Å²) in [6, 6.07) is 0. The molecule has 0 spiro atoms. The van der Waals surface area contributed by atoms with Crippen molar-refractivity contribution in [1.29, 1.82) is 0 Å². The van der Waals surface area contributed by atoms with Crippen molar-refractivity contribution in [2.75, 3.05) is 5.73 Å². The first-order chi connectivity index (χ1) is 11.9. The Morgan fingerprint density at radius 1 is 1.68 bits per heavy atom. The summed E-state index contributed by atoms with van der Waals surface area (Å²) in [4.78, 5) is 22.4. The fourth-order valence-corrected chi connectivity index (χ4v) is 3.24. The molecule has 25 heavy (non-hydrogen) atoms. The van der Waals surface area contributed by atoms with Crippen molar-refractivity contribution in [3.05, 3.63) is 15.9 Å². The van der Waals surface area contributed by atoms with Crippen molar-refractivity contribution in [2.45, 2.75) is 37.0 Å². The minimum atomic E-state index is -1.97. The SMILES string of the molecule is C[C@H](O)[C@H]1O[C@@H](n2cnc3c(=S)nc(N)[nH]c32)[C@](C#CCl)(N=O)C1O. The van der Waals surface area contributed by atoms with E-state index in [4.69, 9.17) is 34.3 Å². The second-order valence-electron chi connectivity index (χ2n) is 5.55. The number of hydrogen-bond donors (Lipinski definition) is 4. The molecule has 1 aliphatic heterocycles. The highest BCUT2D eigenvalue weighted by atomic mass is 35.5. The fourth-order valence-electron chi connectivity index (χ4n) is 2.84. The third-order valence-electron chi connectivity index (χ3n) is 4.02. The molecule has 12 heteroatoms. The van der Waals surface area contributed by atoms with E-state index in [0.717, 1.165) is 0 Å². The van der Waals surface area contributed by atoms with Crippen LogP contribution in [0.15, 0.2) is 11.5 Å². The van der Waals surface area contributed by atoms with E-state index in [1.165, 1.54) is 17.8 Å². The largest absolute Gasteiger partial charge is 0.391 e. The van der Waals surface area contributed by atoms with Crippen LogP contribution in [0, 0.1) is 20.8 Å². The summed E-state index contributed by atoms with van der Waals surface area (Å²) in [7, 11) is 0. The zero-order chi connectivity index (χ0) is 18.4. The van der Waals surface area contributed by atoms with Gasteiger partial charge in [0.15, 0.2) is 16.8 Å². The molecule has 3 heterocycles. The highest BCUT2D eigenvalue weighted by molar-refractivity contribution is 7.71. The quantitative estimate of drug-likeness (QED) is 0.337. The van der Waals surface area contributed by atoms with Crippen molar-refractivity contribution in [3.8, 4) is 11.3 Å². The molecule has 1 aliphatic rings. The van der Waals surface area contributed by atoms with Gasteiger partial charge in [-0.05, 0) is 29.6 Å². The Kier molecular flexibility index (Phi) is 4.48.